The molecule has 2 rings (SSSR count). The molecule has 0 saturated heterocycles. The summed E-state index contributed by atoms with van der Waals surface area (Å²) in [5, 5.41) is 14.0. The number of nitrogens with zero attached hydrogens (tertiary/aromatic N) is 1. The van der Waals surface area contributed by atoms with Gasteiger partial charge in [-0.1, -0.05) is 30.3 Å². The third kappa shape index (κ3) is 6.55. The summed E-state index contributed by atoms with van der Waals surface area (Å²) in [5.41, 5.74) is 1.45. The number of rotatable bonds is 9. The van der Waals surface area contributed by atoms with Crippen molar-refractivity contribution in [2.75, 3.05) is 6.61 Å². The number of aromatic amines is 1. The molecule has 2 aromatic rings. The lowest BCUT2D eigenvalue weighted by Gasteiger charge is -2.19. The van der Waals surface area contributed by atoms with Gasteiger partial charge in [0.05, 0.1) is 12.4 Å². The van der Waals surface area contributed by atoms with E-state index in [2.05, 4.69) is 20.6 Å². The van der Waals surface area contributed by atoms with Crippen LogP contribution in [0.25, 0.3) is 0 Å². The minimum Gasteiger partial charge on any atom is -0.445 e. The molecule has 2 atom stereocenters. The van der Waals surface area contributed by atoms with Gasteiger partial charge in [0.25, 0.3) is 0 Å². The number of benzene rings is 1. The number of imidazole rings is 1. The van der Waals surface area contributed by atoms with E-state index in [0.717, 1.165) is 5.56 Å². The molecule has 0 spiro atoms. The van der Waals surface area contributed by atoms with Crippen LogP contribution in [0.3, 0.4) is 0 Å². The number of H-pyrrole nitrogens is 1. The monoisotopic (exact) mass is 374 g/mol. The molecule has 1 aromatic heterocycles. The zero-order valence-electron chi connectivity index (χ0n) is 14.8. The second-order valence-corrected chi connectivity index (χ2v) is 5.89. The number of ketones is 1. The van der Waals surface area contributed by atoms with Crippen molar-refractivity contribution in [3.63, 3.8) is 0 Å². The predicted octanol–water partition coefficient (Wildman–Crippen LogP) is 0.313. The van der Waals surface area contributed by atoms with Crippen molar-refractivity contribution >= 4 is 17.8 Å². The third-order valence-electron chi connectivity index (χ3n) is 3.78. The van der Waals surface area contributed by atoms with E-state index < -0.39 is 36.5 Å². The van der Waals surface area contributed by atoms with Crippen LogP contribution in [0.1, 0.15) is 18.2 Å². The maximum Gasteiger partial charge on any atom is 0.408 e. The number of carbonyl (C=O) groups is 3. The molecule has 0 aliphatic heterocycles. The quantitative estimate of drug-likeness (QED) is 0.499. The topological polar surface area (TPSA) is 133 Å². The van der Waals surface area contributed by atoms with Crippen LogP contribution < -0.4 is 10.6 Å². The molecule has 1 aromatic carbocycles. The zero-order chi connectivity index (χ0) is 19.6. The van der Waals surface area contributed by atoms with Gasteiger partial charge in [-0.2, -0.15) is 0 Å². The van der Waals surface area contributed by atoms with Gasteiger partial charge in [-0.15, -0.1) is 0 Å². The van der Waals surface area contributed by atoms with Gasteiger partial charge >= 0.3 is 6.09 Å². The van der Waals surface area contributed by atoms with Gasteiger partial charge in [-0.25, -0.2) is 9.78 Å². The summed E-state index contributed by atoms with van der Waals surface area (Å²) in [5.74, 6) is -1.12. The van der Waals surface area contributed by atoms with E-state index in [0.29, 0.717) is 5.69 Å². The lowest BCUT2D eigenvalue weighted by Crippen LogP contribution is -2.51. The molecule has 9 nitrogen and oxygen atoms in total. The van der Waals surface area contributed by atoms with Crippen molar-refractivity contribution in [2.45, 2.75) is 32.0 Å². The van der Waals surface area contributed by atoms with Crippen LogP contribution in [0.4, 0.5) is 4.79 Å². The molecule has 0 fully saturated rings. The summed E-state index contributed by atoms with van der Waals surface area (Å²) in [6, 6.07) is 7.25. The SMILES string of the molecule is C[C@H](NC(=O)OCc1ccccc1)C(=O)N[C@@H](Cc1cnc[nH]1)C(=O)CO. The number of carbonyl (C=O) groups excluding carboxylic acids is 3. The molecule has 1 heterocycles. The maximum atomic E-state index is 12.3. The Balaban J connectivity index is 1.84. The number of alkyl carbamates (subject to hydrolysis) is 1. The second kappa shape index (κ2) is 10.1. The van der Waals surface area contributed by atoms with Gasteiger partial charge in [0.2, 0.25) is 5.91 Å². The Morgan fingerprint density at radius 2 is 1.96 bits per heavy atom. The highest BCUT2D eigenvalue weighted by Gasteiger charge is 2.24. The summed E-state index contributed by atoms with van der Waals surface area (Å²) < 4.78 is 5.06. The van der Waals surface area contributed by atoms with E-state index in [1.54, 1.807) is 0 Å². The zero-order valence-corrected chi connectivity index (χ0v) is 14.8. The van der Waals surface area contributed by atoms with Gasteiger partial charge in [0.15, 0.2) is 5.78 Å². The van der Waals surface area contributed by atoms with Crippen molar-refractivity contribution in [2.24, 2.45) is 0 Å². The Hall–Kier alpha value is -3.20. The number of hydrogen-bond acceptors (Lipinski definition) is 6. The predicted molar refractivity (Wildman–Crippen MR) is 95.5 cm³/mol. The Morgan fingerprint density at radius 1 is 1.22 bits per heavy atom. The van der Waals surface area contributed by atoms with Crippen molar-refractivity contribution in [3.8, 4) is 0 Å². The number of aliphatic hydroxyl groups is 1. The molecular weight excluding hydrogens is 352 g/mol. The first-order valence-electron chi connectivity index (χ1n) is 8.38. The van der Waals surface area contributed by atoms with Crippen LogP contribution in [-0.4, -0.2) is 51.5 Å². The third-order valence-corrected chi connectivity index (χ3v) is 3.78. The molecule has 2 amide bonds. The van der Waals surface area contributed by atoms with Crippen molar-refractivity contribution in [3.05, 3.63) is 54.1 Å². The van der Waals surface area contributed by atoms with Gasteiger partial charge in [0, 0.05) is 18.3 Å². The molecule has 27 heavy (non-hydrogen) atoms. The average Bonchev–Trinajstić information content (AvgIpc) is 3.19. The number of Topliss-reactive ketones (excluding diaryl/α,β-unsaturated/α-hetero) is 1. The first-order chi connectivity index (χ1) is 13.0. The summed E-state index contributed by atoms with van der Waals surface area (Å²) >= 11 is 0. The van der Waals surface area contributed by atoms with Crippen molar-refractivity contribution in [1.29, 1.82) is 0 Å². The average molecular weight is 374 g/mol. The fraction of sp³-hybridized carbons (Fsp3) is 0.333. The molecule has 9 heteroatoms. The molecule has 0 saturated carbocycles. The van der Waals surface area contributed by atoms with Crippen LogP contribution in [0, 0.1) is 0 Å². The van der Waals surface area contributed by atoms with Crippen LogP contribution >= 0.6 is 0 Å². The van der Waals surface area contributed by atoms with Gasteiger partial charge in [-0.05, 0) is 12.5 Å². The minimum atomic E-state index is -0.937. The highest BCUT2D eigenvalue weighted by molar-refractivity contribution is 5.92. The number of amides is 2. The smallest absolute Gasteiger partial charge is 0.408 e. The van der Waals surface area contributed by atoms with Crippen LogP contribution in [0.5, 0.6) is 0 Å². The van der Waals surface area contributed by atoms with E-state index in [-0.39, 0.29) is 13.0 Å². The Labute approximate surface area is 156 Å². The fourth-order valence-electron chi connectivity index (χ4n) is 2.28. The van der Waals surface area contributed by atoms with Crippen molar-refractivity contribution < 1.29 is 24.2 Å². The van der Waals surface area contributed by atoms with Gasteiger partial charge in [0.1, 0.15) is 19.3 Å². The molecule has 0 radical (unpaired) electrons. The van der Waals surface area contributed by atoms with E-state index >= 15 is 0 Å². The number of ether oxygens (including phenoxy) is 1. The molecule has 4 N–H and O–H groups in total. The summed E-state index contributed by atoms with van der Waals surface area (Å²) in [4.78, 5) is 42.6. The minimum absolute atomic E-state index is 0.0759. The van der Waals surface area contributed by atoms with E-state index in [1.165, 1.54) is 19.4 Å². The summed E-state index contributed by atoms with van der Waals surface area (Å²) in [7, 11) is 0. The Morgan fingerprint density at radius 3 is 2.59 bits per heavy atom. The maximum absolute atomic E-state index is 12.3. The van der Waals surface area contributed by atoms with Crippen molar-refractivity contribution in [1.82, 2.24) is 20.6 Å². The second-order valence-electron chi connectivity index (χ2n) is 5.89. The first-order valence-corrected chi connectivity index (χ1v) is 8.38. The fourth-order valence-corrected chi connectivity index (χ4v) is 2.28. The summed E-state index contributed by atoms with van der Waals surface area (Å²) in [6.45, 7) is 0.836. The number of aliphatic hydroxyl groups excluding tert-OH is 1. The first kappa shape index (κ1) is 20.1. The number of aromatic nitrogens is 2. The van der Waals surface area contributed by atoms with Gasteiger partial charge < -0.3 is 25.5 Å². The Kier molecular flexibility index (Phi) is 7.50. The standard InChI is InChI=1S/C18H22N4O5/c1-12(21-18(26)27-10-13-5-3-2-4-6-13)17(25)22-15(16(24)9-23)7-14-8-19-11-20-14/h2-6,8,11-12,15,23H,7,9-10H2,1H3,(H,19,20)(H,21,26)(H,22,25)/t12-,15-/m0/s1. The normalized spacial score (nSPS) is 12.7. The Bertz CT molecular complexity index is 748. The molecule has 0 unspecified atom stereocenters. The van der Waals surface area contributed by atoms with E-state index in [1.807, 2.05) is 30.3 Å². The van der Waals surface area contributed by atoms with E-state index in [4.69, 9.17) is 9.84 Å². The molecule has 0 aliphatic carbocycles. The lowest BCUT2D eigenvalue weighted by molar-refractivity contribution is -0.130. The molecule has 0 bridgehead atoms. The highest BCUT2D eigenvalue weighted by Crippen LogP contribution is 2.02. The molecule has 144 valence electrons. The molecular formula is C18H22N4O5. The largest absolute Gasteiger partial charge is 0.445 e. The number of hydrogen-bond donors (Lipinski definition) is 4. The van der Waals surface area contributed by atoms with E-state index in [9.17, 15) is 14.4 Å². The molecule has 0 aliphatic rings. The van der Waals surface area contributed by atoms with Gasteiger partial charge in [-0.3, -0.25) is 9.59 Å². The van der Waals surface area contributed by atoms with Crippen LogP contribution in [-0.2, 0) is 27.4 Å². The highest BCUT2D eigenvalue weighted by atomic mass is 16.5. The number of nitrogens with one attached hydrogen (secondary N) is 3. The summed E-state index contributed by atoms with van der Waals surface area (Å²) in [6.07, 6.45) is 2.37. The lowest BCUT2D eigenvalue weighted by atomic mass is 10.1. The van der Waals surface area contributed by atoms with Crippen LogP contribution in [0.2, 0.25) is 0 Å². The van der Waals surface area contributed by atoms with Crippen LogP contribution in [0.15, 0.2) is 42.9 Å².